The smallest absolute Gasteiger partial charge is 0.304 e. The van der Waals surface area contributed by atoms with Crippen molar-refractivity contribution < 1.29 is 14.3 Å². The maximum Gasteiger partial charge on any atom is 0.304 e. The van der Waals surface area contributed by atoms with Crippen molar-refractivity contribution in [2.75, 3.05) is 6.61 Å². The van der Waals surface area contributed by atoms with Gasteiger partial charge in [0, 0.05) is 16.6 Å². The summed E-state index contributed by atoms with van der Waals surface area (Å²) in [5, 5.41) is 12.7. The van der Waals surface area contributed by atoms with Crippen LogP contribution < -0.4 is 10.2 Å². The molecule has 2 rings (SSSR count). The Bertz CT molecular complexity index is 770. The predicted octanol–water partition coefficient (Wildman–Crippen LogP) is 0.849. The summed E-state index contributed by atoms with van der Waals surface area (Å²) in [5.41, 5.74) is 0.840. The number of benzene rings is 1. The summed E-state index contributed by atoms with van der Waals surface area (Å²) < 4.78 is 13.7. The molecule has 2 aromatic rings. The van der Waals surface area contributed by atoms with Crippen LogP contribution in [0, 0.1) is 17.7 Å². The van der Waals surface area contributed by atoms with E-state index in [9.17, 15) is 14.0 Å². The van der Waals surface area contributed by atoms with Crippen molar-refractivity contribution in [3.05, 3.63) is 55.9 Å². The molecule has 0 atom stereocenters. The zero-order valence-corrected chi connectivity index (χ0v) is 11.6. The van der Waals surface area contributed by atoms with Gasteiger partial charge in [0.05, 0.1) is 12.1 Å². The van der Waals surface area contributed by atoms with E-state index in [0.717, 1.165) is 17.4 Å². The van der Waals surface area contributed by atoms with Crippen LogP contribution in [0.4, 0.5) is 4.39 Å². The lowest BCUT2D eigenvalue weighted by Gasteiger charge is -2.05. The lowest BCUT2D eigenvalue weighted by atomic mass is 10.1. The number of rotatable bonds is 3. The highest BCUT2D eigenvalue weighted by atomic mass is 32.1. The first-order valence-electron chi connectivity index (χ1n) is 5.94. The van der Waals surface area contributed by atoms with Gasteiger partial charge in [-0.1, -0.05) is 23.2 Å². The minimum atomic E-state index is -0.666. The first-order valence-corrected chi connectivity index (χ1v) is 6.82. The van der Waals surface area contributed by atoms with Gasteiger partial charge in [-0.15, -0.1) is 0 Å². The average Bonchev–Trinajstić information content (AvgIpc) is 2.89. The van der Waals surface area contributed by atoms with E-state index in [1.54, 1.807) is 5.38 Å². The number of hydrogen-bond donors (Lipinski definition) is 3. The number of carbonyl (C=O) groups is 1. The highest BCUT2D eigenvalue weighted by molar-refractivity contribution is 7.07. The summed E-state index contributed by atoms with van der Waals surface area (Å²) in [6, 6.07) is 3.87. The molecule has 0 unspecified atom stereocenters. The number of hydrogen-bond acceptors (Lipinski definition) is 4. The van der Waals surface area contributed by atoms with E-state index in [1.165, 1.54) is 12.1 Å². The van der Waals surface area contributed by atoms with Crippen LogP contribution in [-0.2, 0) is 6.54 Å². The van der Waals surface area contributed by atoms with E-state index in [2.05, 4.69) is 22.1 Å². The fraction of sp³-hybridized carbons (Fsp3) is 0.143. The minimum absolute atomic E-state index is 0.101. The minimum Gasteiger partial charge on any atom is -0.384 e. The van der Waals surface area contributed by atoms with Crippen LogP contribution in [0.15, 0.2) is 28.4 Å². The van der Waals surface area contributed by atoms with Crippen LogP contribution in [0.3, 0.4) is 0 Å². The van der Waals surface area contributed by atoms with Crippen LogP contribution in [0.5, 0.6) is 0 Å². The van der Waals surface area contributed by atoms with Gasteiger partial charge in [-0.05, 0) is 18.2 Å². The topological polar surface area (TPSA) is 82.2 Å². The zero-order chi connectivity index (χ0) is 15.2. The van der Waals surface area contributed by atoms with Crippen molar-refractivity contribution in [2.24, 2.45) is 0 Å². The maximum absolute atomic E-state index is 13.7. The summed E-state index contributed by atoms with van der Waals surface area (Å²) in [5.74, 6) is 3.75. The van der Waals surface area contributed by atoms with E-state index in [-0.39, 0.29) is 23.6 Å². The third-order valence-corrected chi connectivity index (χ3v) is 3.25. The second-order valence-corrected chi connectivity index (χ2v) is 4.85. The number of amides is 1. The summed E-state index contributed by atoms with van der Waals surface area (Å²) in [6.45, 7) is -0.214. The van der Waals surface area contributed by atoms with Crippen molar-refractivity contribution in [2.45, 2.75) is 6.54 Å². The molecule has 108 valence electrons. The van der Waals surface area contributed by atoms with Crippen LogP contribution >= 0.6 is 11.3 Å². The predicted molar refractivity (Wildman–Crippen MR) is 76.5 cm³/mol. The largest absolute Gasteiger partial charge is 0.384 e. The average molecular weight is 306 g/mol. The molecular weight excluding hydrogens is 295 g/mol. The van der Waals surface area contributed by atoms with Gasteiger partial charge in [-0.2, -0.15) is 0 Å². The van der Waals surface area contributed by atoms with Gasteiger partial charge in [0.15, 0.2) is 0 Å². The van der Waals surface area contributed by atoms with E-state index in [4.69, 9.17) is 5.11 Å². The SMILES string of the molecule is O=C(NCc1csc(=O)[nH]1)c1cc(C#CCO)ccc1F. The quantitative estimate of drug-likeness (QED) is 0.735. The van der Waals surface area contributed by atoms with E-state index in [0.29, 0.717) is 11.3 Å². The molecular formula is C14H11FN2O3S. The van der Waals surface area contributed by atoms with Crippen molar-refractivity contribution >= 4 is 17.2 Å². The Hall–Kier alpha value is -2.43. The highest BCUT2D eigenvalue weighted by Crippen LogP contribution is 2.10. The lowest BCUT2D eigenvalue weighted by Crippen LogP contribution is -2.24. The van der Waals surface area contributed by atoms with Crippen molar-refractivity contribution in [1.29, 1.82) is 0 Å². The molecule has 5 nitrogen and oxygen atoms in total. The highest BCUT2D eigenvalue weighted by Gasteiger charge is 2.12. The Kier molecular flexibility index (Phi) is 4.87. The van der Waals surface area contributed by atoms with E-state index >= 15 is 0 Å². The molecule has 21 heavy (non-hydrogen) atoms. The molecule has 1 heterocycles. The zero-order valence-electron chi connectivity index (χ0n) is 10.8. The molecule has 3 N–H and O–H groups in total. The molecule has 0 aliphatic carbocycles. The van der Waals surface area contributed by atoms with Gasteiger partial charge in [0.1, 0.15) is 12.4 Å². The Morgan fingerprint density at radius 1 is 1.48 bits per heavy atom. The fourth-order valence-electron chi connectivity index (χ4n) is 1.59. The number of thiazole rings is 1. The van der Waals surface area contributed by atoms with Gasteiger partial charge in [-0.25, -0.2) is 4.39 Å². The molecule has 0 aliphatic rings. The standard InChI is InChI=1S/C14H11FN2O3S/c15-12-4-3-9(2-1-5-18)6-11(12)13(19)16-7-10-8-21-14(20)17-10/h3-4,6,8,18H,5,7H2,(H,16,19)(H,17,20). The first kappa shape index (κ1) is 15.0. The third kappa shape index (κ3) is 4.02. The van der Waals surface area contributed by atoms with Crippen LogP contribution in [0.25, 0.3) is 0 Å². The van der Waals surface area contributed by atoms with Crippen molar-refractivity contribution in [3.8, 4) is 11.8 Å². The van der Waals surface area contributed by atoms with E-state index < -0.39 is 11.7 Å². The van der Waals surface area contributed by atoms with Gasteiger partial charge in [-0.3, -0.25) is 9.59 Å². The van der Waals surface area contributed by atoms with Crippen LogP contribution in [0.1, 0.15) is 21.6 Å². The molecule has 0 aliphatic heterocycles. The number of carbonyl (C=O) groups excluding carboxylic acids is 1. The molecule has 0 radical (unpaired) electrons. The summed E-state index contributed by atoms with van der Waals surface area (Å²) in [7, 11) is 0. The van der Waals surface area contributed by atoms with E-state index in [1.807, 2.05) is 0 Å². The Balaban J connectivity index is 2.12. The molecule has 1 amide bonds. The summed E-state index contributed by atoms with van der Waals surface area (Å²) >= 11 is 0.988. The van der Waals surface area contributed by atoms with Gasteiger partial charge in [0.2, 0.25) is 0 Å². The molecule has 0 bridgehead atoms. The van der Waals surface area contributed by atoms with Crippen LogP contribution in [-0.4, -0.2) is 22.6 Å². The van der Waals surface area contributed by atoms with Crippen molar-refractivity contribution in [3.63, 3.8) is 0 Å². The Morgan fingerprint density at radius 2 is 2.29 bits per heavy atom. The van der Waals surface area contributed by atoms with Gasteiger partial charge < -0.3 is 15.4 Å². The molecule has 0 fully saturated rings. The number of aromatic amines is 1. The molecule has 0 saturated carbocycles. The van der Waals surface area contributed by atoms with Crippen LogP contribution in [0.2, 0.25) is 0 Å². The summed E-state index contributed by atoms with van der Waals surface area (Å²) in [6.07, 6.45) is 0. The Morgan fingerprint density at radius 3 is 2.95 bits per heavy atom. The fourth-order valence-corrected chi connectivity index (χ4v) is 2.17. The molecule has 0 saturated heterocycles. The summed E-state index contributed by atoms with van der Waals surface area (Å²) in [4.78, 5) is 25.2. The maximum atomic E-state index is 13.7. The molecule has 0 spiro atoms. The molecule has 1 aromatic carbocycles. The second kappa shape index (κ2) is 6.83. The first-order chi connectivity index (χ1) is 10.1. The lowest BCUT2D eigenvalue weighted by molar-refractivity contribution is 0.0946. The molecule has 1 aromatic heterocycles. The number of halogens is 1. The number of H-pyrrole nitrogens is 1. The molecule has 7 heteroatoms. The Labute approximate surface area is 123 Å². The normalized spacial score (nSPS) is 9.81. The number of aliphatic hydroxyl groups excluding tert-OH is 1. The van der Waals surface area contributed by atoms with Crippen molar-refractivity contribution in [1.82, 2.24) is 10.3 Å². The van der Waals surface area contributed by atoms with Gasteiger partial charge >= 0.3 is 4.87 Å². The number of aromatic nitrogens is 1. The second-order valence-electron chi connectivity index (χ2n) is 4.01. The van der Waals surface area contributed by atoms with Gasteiger partial charge in [0.25, 0.3) is 5.91 Å². The number of aliphatic hydroxyl groups is 1. The number of nitrogens with one attached hydrogen (secondary N) is 2. The third-order valence-electron chi connectivity index (χ3n) is 2.53. The monoisotopic (exact) mass is 306 g/mol.